The van der Waals surface area contributed by atoms with Crippen LogP contribution in [0.25, 0.3) is 0 Å². The van der Waals surface area contributed by atoms with Crippen molar-refractivity contribution in [1.82, 2.24) is 0 Å². The highest BCUT2D eigenvalue weighted by Gasteiger charge is 2.07. The van der Waals surface area contributed by atoms with E-state index >= 15 is 0 Å². The number of thiophene rings is 2. The van der Waals surface area contributed by atoms with Crippen LogP contribution < -0.4 is 0 Å². The summed E-state index contributed by atoms with van der Waals surface area (Å²) in [6.07, 6.45) is 2.22. The van der Waals surface area contributed by atoms with Gasteiger partial charge in [0.05, 0.1) is 0 Å². The van der Waals surface area contributed by atoms with E-state index in [2.05, 4.69) is 19.1 Å². The summed E-state index contributed by atoms with van der Waals surface area (Å²) < 4.78 is 0. The Morgan fingerprint density at radius 3 is 2.62 bits per heavy atom. The maximum Gasteiger partial charge on any atom is 0.142 e. The predicted molar refractivity (Wildman–Crippen MR) is 70.4 cm³/mol. The molecule has 2 rings (SSSR count). The zero-order valence-corrected chi connectivity index (χ0v) is 10.9. The standard InChI is InChI=1S/C13H14OS2/c1-2-12-3-4-13(16-12)8-11(14)7-10-5-6-15-9-10/h3-6,9H,2,7-8H2,1H3. The van der Waals surface area contributed by atoms with Gasteiger partial charge in [-0.05, 0) is 40.9 Å². The van der Waals surface area contributed by atoms with E-state index < -0.39 is 0 Å². The number of carbonyl (C=O) groups excluding carboxylic acids is 1. The molecule has 0 aromatic carbocycles. The molecule has 0 bridgehead atoms. The predicted octanol–water partition coefficient (Wildman–Crippen LogP) is 3.73. The molecule has 2 heterocycles. The van der Waals surface area contributed by atoms with Crippen molar-refractivity contribution in [3.63, 3.8) is 0 Å². The van der Waals surface area contributed by atoms with Crippen molar-refractivity contribution in [2.24, 2.45) is 0 Å². The molecule has 84 valence electrons. The fourth-order valence-corrected chi connectivity index (χ4v) is 3.24. The van der Waals surface area contributed by atoms with E-state index in [1.165, 1.54) is 9.75 Å². The van der Waals surface area contributed by atoms with Crippen molar-refractivity contribution in [3.8, 4) is 0 Å². The first kappa shape index (κ1) is 11.6. The molecule has 0 radical (unpaired) electrons. The molecule has 0 aliphatic heterocycles. The number of hydrogen-bond acceptors (Lipinski definition) is 3. The fraction of sp³-hybridized carbons (Fsp3) is 0.308. The van der Waals surface area contributed by atoms with Gasteiger partial charge in [-0.25, -0.2) is 0 Å². The van der Waals surface area contributed by atoms with E-state index in [0.717, 1.165) is 12.0 Å². The van der Waals surface area contributed by atoms with Crippen molar-refractivity contribution in [2.75, 3.05) is 0 Å². The minimum absolute atomic E-state index is 0.308. The summed E-state index contributed by atoms with van der Waals surface area (Å²) in [6, 6.07) is 6.22. The smallest absolute Gasteiger partial charge is 0.142 e. The van der Waals surface area contributed by atoms with Crippen LogP contribution >= 0.6 is 22.7 Å². The number of hydrogen-bond donors (Lipinski definition) is 0. The van der Waals surface area contributed by atoms with E-state index in [9.17, 15) is 4.79 Å². The third-order valence-corrected chi connectivity index (χ3v) is 4.38. The molecule has 0 fully saturated rings. The van der Waals surface area contributed by atoms with Crippen LogP contribution in [0.1, 0.15) is 22.2 Å². The third kappa shape index (κ3) is 3.03. The Hall–Kier alpha value is -0.930. The summed E-state index contributed by atoms with van der Waals surface area (Å²) in [7, 11) is 0. The Kier molecular flexibility index (Phi) is 3.91. The Bertz CT molecular complexity index is 454. The van der Waals surface area contributed by atoms with Gasteiger partial charge < -0.3 is 0 Å². The Balaban J connectivity index is 1.92. The fourth-order valence-electron chi connectivity index (χ4n) is 1.59. The lowest BCUT2D eigenvalue weighted by molar-refractivity contribution is -0.117. The number of carbonyl (C=O) groups is 1. The molecule has 0 saturated heterocycles. The van der Waals surface area contributed by atoms with Crippen LogP contribution in [-0.2, 0) is 24.1 Å². The molecule has 2 aromatic heterocycles. The second-order valence-corrected chi connectivity index (χ2v) is 5.78. The molecule has 0 aliphatic carbocycles. The van der Waals surface area contributed by atoms with Gasteiger partial charge >= 0.3 is 0 Å². The first-order valence-electron chi connectivity index (χ1n) is 5.38. The van der Waals surface area contributed by atoms with E-state index in [4.69, 9.17) is 0 Å². The van der Waals surface area contributed by atoms with Crippen molar-refractivity contribution in [1.29, 1.82) is 0 Å². The number of Topliss-reactive ketones (excluding diaryl/α,β-unsaturated/α-hetero) is 1. The lowest BCUT2D eigenvalue weighted by atomic mass is 10.1. The van der Waals surface area contributed by atoms with Gasteiger partial charge in [0.25, 0.3) is 0 Å². The molecular formula is C13H14OS2. The van der Waals surface area contributed by atoms with E-state index in [0.29, 0.717) is 18.6 Å². The molecule has 0 atom stereocenters. The van der Waals surface area contributed by atoms with Gasteiger partial charge in [0.2, 0.25) is 0 Å². The molecule has 0 N–H and O–H groups in total. The lowest BCUT2D eigenvalue weighted by Gasteiger charge is -1.96. The van der Waals surface area contributed by atoms with Crippen molar-refractivity contribution in [2.45, 2.75) is 26.2 Å². The topological polar surface area (TPSA) is 17.1 Å². The van der Waals surface area contributed by atoms with E-state index in [1.54, 1.807) is 22.7 Å². The van der Waals surface area contributed by atoms with Crippen LogP contribution in [0.5, 0.6) is 0 Å². The van der Waals surface area contributed by atoms with Gasteiger partial charge in [-0.15, -0.1) is 11.3 Å². The summed E-state index contributed by atoms with van der Waals surface area (Å²) in [4.78, 5) is 14.3. The quantitative estimate of drug-likeness (QED) is 0.790. The second-order valence-electron chi connectivity index (χ2n) is 3.75. The van der Waals surface area contributed by atoms with Crippen LogP contribution in [-0.4, -0.2) is 5.78 Å². The third-order valence-electron chi connectivity index (χ3n) is 2.42. The Morgan fingerprint density at radius 2 is 2.00 bits per heavy atom. The van der Waals surface area contributed by atoms with Gasteiger partial charge in [0, 0.05) is 22.6 Å². The highest BCUT2D eigenvalue weighted by atomic mass is 32.1. The molecule has 1 nitrogen and oxygen atoms in total. The minimum Gasteiger partial charge on any atom is -0.299 e. The molecule has 2 aromatic rings. The maximum atomic E-state index is 11.8. The summed E-state index contributed by atoms with van der Waals surface area (Å²) in [5, 5.41) is 4.06. The molecule has 0 saturated carbocycles. The van der Waals surface area contributed by atoms with Gasteiger partial charge in [0.15, 0.2) is 0 Å². The van der Waals surface area contributed by atoms with Gasteiger partial charge in [-0.3, -0.25) is 4.79 Å². The summed E-state index contributed by atoms with van der Waals surface area (Å²) in [5.41, 5.74) is 1.14. The van der Waals surface area contributed by atoms with Crippen LogP contribution in [0.15, 0.2) is 29.0 Å². The minimum atomic E-state index is 0.308. The van der Waals surface area contributed by atoms with E-state index in [1.807, 2.05) is 16.8 Å². The first-order chi connectivity index (χ1) is 7.78. The van der Waals surface area contributed by atoms with Crippen LogP contribution in [0.4, 0.5) is 0 Å². The second kappa shape index (κ2) is 5.41. The van der Waals surface area contributed by atoms with Crippen molar-refractivity contribution < 1.29 is 4.79 Å². The zero-order chi connectivity index (χ0) is 11.4. The zero-order valence-electron chi connectivity index (χ0n) is 9.23. The van der Waals surface area contributed by atoms with Gasteiger partial charge in [-0.1, -0.05) is 6.92 Å². The summed E-state index contributed by atoms with van der Waals surface area (Å²) in [6.45, 7) is 2.14. The first-order valence-corrected chi connectivity index (χ1v) is 7.14. The monoisotopic (exact) mass is 250 g/mol. The summed E-state index contributed by atoms with van der Waals surface area (Å²) in [5.74, 6) is 0.308. The Morgan fingerprint density at radius 1 is 1.19 bits per heavy atom. The number of rotatable bonds is 5. The molecular weight excluding hydrogens is 236 g/mol. The number of ketones is 1. The highest BCUT2D eigenvalue weighted by molar-refractivity contribution is 7.12. The van der Waals surface area contributed by atoms with Crippen molar-refractivity contribution in [3.05, 3.63) is 44.3 Å². The molecule has 0 unspecified atom stereocenters. The van der Waals surface area contributed by atoms with Crippen molar-refractivity contribution >= 4 is 28.5 Å². The summed E-state index contributed by atoms with van der Waals surface area (Å²) >= 11 is 3.40. The molecule has 3 heteroatoms. The molecule has 0 spiro atoms. The Labute approximate surface area is 104 Å². The lowest BCUT2D eigenvalue weighted by Crippen LogP contribution is -2.04. The highest BCUT2D eigenvalue weighted by Crippen LogP contribution is 2.18. The SMILES string of the molecule is CCc1ccc(CC(=O)Cc2ccsc2)s1. The van der Waals surface area contributed by atoms with E-state index in [-0.39, 0.29) is 0 Å². The van der Waals surface area contributed by atoms with Crippen LogP contribution in [0.2, 0.25) is 0 Å². The van der Waals surface area contributed by atoms with Crippen LogP contribution in [0.3, 0.4) is 0 Å². The van der Waals surface area contributed by atoms with Gasteiger partial charge in [-0.2, -0.15) is 11.3 Å². The normalized spacial score (nSPS) is 10.6. The average Bonchev–Trinajstić information content (AvgIpc) is 2.89. The molecule has 0 amide bonds. The maximum absolute atomic E-state index is 11.8. The van der Waals surface area contributed by atoms with Crippen LogP contribution in [0, 0.1) is 0 Å². The number of aryl methyl sites for hydroxylation is 1. The average molecular weight is 250 g/mol. The van der Waals surface area contributed by atoms with Gasteiger partial charge in [0.1, 0.15) is 5.78 Å². The molecule has 16 heavy (non-hydrogen) atoms. The largest absolute Gasteiger partial charge is 0.299 e. The molecule has 0 aliphatic rings.